The third-order valence-corrected chi connectivity index (χ3v) is 8.56. The fraction of sp³-hybridized carbons (Fsp3) is 0.500. The number of carbonyl (C=O) groups is 2. The van der Waals surface area contributed by atoms with Gasteiger partial charge in [-0.15, -0.1) is 0 Å². The number of nitrogens with one attached hydrogen (secondary N) is 3. The minimum atomic E-state index is -1.34. The predicted octanol–water partition coefficient (Wildman–Crippen LogP) is 3.88. The fourth-order valence-corrected chi connectivity index (χ4v) is 6.90. The summed E-state index contributed by atoms with van der Waals surface area (Å²) in [6.45, 7) is 6.13. The molecule has 5 N–H and O–H groups in total. The molecule has 2 aromatic rings. The SMILES string of the molecule is CC(C)(C)C[C@H]1N[C@@H](C(=O)NC2C[C@@H](O)[C@@H](O)C2)[C@H](c2cccc(Cl)c2)[C@@]12C(=O)Nc1cc(Cl)c(F)cc12. The Bertz CT molecular complexity index is 1280. The molecule has 3 aliphatic rings. The number of hydrogen-bond acceptors (Lipinski definition) is 5. The first kappa shape index (κ1) is 27.3. The van der Waals surface area contributed by atoms with E-state index in [0.29, 0.717) is 28.3 Å². The van der Waals surface area contributed by atoms with Crippen LogP contribution in [0.1, 0.15) is 57.1 Å². The second-order valence-electron chi connectivity index (χ2n) is 11.9. The van der Waals surface area contributed by atoms with E-state index in [0.717, 1.165) is 0 Å². The summed E-state index contributed by atoms with van der Waals surface area (Å²) in [7, 11) is 0. The summed E-state index contributed by atoms with van der Waals surface area (Å²) in [6, 6.07) is 7.90. The van der Waals surface area contributed by atoms with Gasteiger partial charge in [-0.1, -0.05) is 56.1 Å². The number of aliphatic hydroxyl groups excluding tert-OH is 2. The van der Waals surface area contributed by atoms with Gasteiger partial charge in [0, 0.05) is 28.7 Å². The van der Waals surface area contributed by atoms with E-state index in [-0.39, 0.29) is 35.1 Å². The van der Waals surface area contributed by atoms with Crippen LogP contribution >= 0.6 is 23.2 Å². The first-order valence-corrected chi connectivity index (χ1v) is 13.6. The topological polar surface area (TPSA) is 111 Å². The molecule has 2 aliphatic heterocycles. The molecule has 1 spiro atoms. The summed E-state index contributed by atoms with van der Waals surface area (Å²) < 4.78 is 15.0. The van der Waals surface area contributed by atoms with Crippen molar-refractivity contribution in [2.24, 2.45) is 5.41 Å². The summed E-state index contributed by atoms with van der Waals surface area (Å²) in [5.74, 6) is -2.11. The molecule has 2 fully saturated rings. The zero-order chi connectivity index (χ0) is 27.6. The average Bonchev–Trinajstić information content (AvgIpc) is 3.40. The minimum absolute atomic E-state index is 0.105. The molecular weight excluding hydrogens is 532 g/mol. The van der Waals surface area contributed by atoms with E-state index in [4.69, 9.17) is 23.2 Å². The summed E-state index contributed by atoms with van der Waals surface area (Å²) in [5.41, 5.74) is -0.0698. The van der Waals surface area contributed by atoms with Crippen molar-refractivity contribution in [2.75, 3.05) is 5.32 Å². The molecule has 38 heavy (non-hydrogen) atoms. The van der Waals surface area contributed by atoms with Crippen molar-refractivity contribution in [1.82, 2.24) is 10.6 Å². The number of fused-ring (bicyclic) bond motifs is 2. The van der Waals surface area contributed by atoms with Gasteiger partial charge in [-0.05, 0) is 60.1 Å². The molecule has 1 unspecified atom stereocenters. The molecule has 5 rings (SSSR count). The first-order chi connectivity index (χ1) is 17.8. The number of rotatable bonds is 4. The molecule has 1 aliphatic carbocycles. The van der Waals surface area contributed by atoms with Crippen molar-refractivity contribution in [3.8, 4) is 0 Å². The van der Waals surface area contributed by atoms with Crippen LogP contribution in [-0.4, -0.2) is 52.4 Å². The van der Waals surface area contributed by atoms with Crippen LogP contribution in [-0.2, 0) is 15.0 Å². The van der Waals surface area contributed by atoms with Gasteiger partial charge < -0.3 is 26.2 Å². The molecule has 204 valence electrons. The summed E-state index contributed by atoms with van der Waals surface area (Å²) >= 11 is 12.5. The Morgan fingerprint density at radius 1 is 1.16 bits per heavy atom. The van der Waals surface area contributed by atoms with Gasteiger partial charge in [0.25, 0.3) is 0 Å². The van der Waals surface area contributed by atoms with Crippen LogP contribution in [0.5, 0.6) is 0 Å². The van der Waals surface area contributed by atoms with Crippen molar-refractivity contribution < 1.29 is 24.2 Å². The van der Waals surface area contributed by atoms with Gasteiger partial charge in [0.2, 0.25) is 11.8 Å². The highest BCUT2D eigenvalue weighted by Crippen LogP contribution is 2.57. The van der Waals surface area contributed by atoms with Crippen molar-refractivity contribution in [3.63, 3.8) is 0 Å². The number of amides is 2. The van der Waals surface area contributed by atoms with Crippen LogP contribution in [0.15, 0.2) is 36.4 Å². The Morgan fingerprint density at radius 2 is 1.84 bits per heavy atom. The van der Waals surface area contributed by atoms with Gasteiger partial charge in [-0.25, -0.2) is 4.39 Å². The lowest BCUT2D eigenvalue weighted by atomic mass is 9.62. The highest BCUT2D eigenvalue weighted by Gasteiger charge is 2.66. The van der Waals surface area contributed by atoms with Crippen LogP contribution in [0.2, 0.25) is 10.0 Å². The van der Waals surface area contributed by atoms with Crippen molar-refractivity contribution in [1.29, 1.82) is 0 Å². The number of benzene rings is 2. The molecular formula is C28H32Cl2FN3O4. The number of halogens is 3. The largest absolute Gasteiger partial charge is 0.390 e. The second kappa shape index (κ2) is 9.75. The molecule has 1 saturated carbocycles. The highest BCUT2D eigenvalue weighted by molar-refractivity contribution is 6.31. The maximum absolute atomic E-state index is 15.0. The molecule has 7 atom stereocenters. The van der Waals surface area contributed by atoms with Gasteiger partial charge in [-0.2, -0.15) is 0 Å². The van der Waals surface area contributed by atoms with E-state index in [1.165, 1.54) is 12.1 Å². The molecule has 0 radical (unpaired) electrons. The Kier molecular flexibility index (Phi) is 7.02. The van der Waals surface area contributed by atoms with E-state index in [1.807, 2.05) is 26.8 Å². The highest BCUT2D eigenvalue weighted by atomic mass is 35.5. The van der Waals surface area contributed by atoms with Crippen LogP contribution in [0.4, 0.5) is 10.1 Å². The molecule has 1 saturated heterocycles. The number of hydrogen-bond donors (Lipinski definition) is 5. The molecule has 2 amide bonds. The number of anilines is 1. The standard InChI is InChI=1S/C28H32Cl2FN3O4/c1-27(2,3)12-22-28(16-10-18(31)17(30)11-19(16)33-26(28)38)23(13-5-4-6-14(29)7-13)24(34-22)25(37)32-15-8-20(35)21(36)9-15/h4-7,10-11,15,20-24,34-36H,8-9,12H2,1-3H3,(H,32,37)(H,33,38)/t15?,20-,21+,22-,23+,24-,28+/m1/s1. The maximum atomic E-state index is 15.0. The van der Waals surface area contributed by atoms with Crippen molar-refractivity contribution in [3.05, 3.63) is 63.4 Å². The Morgan fingerprint density at radius 3 is 2.47 bits per heavy atom. The number of carbonyl (C=O) groups excluding carboxylic acids is 2. The molecule has 0 aromatic heterocycles. The summed E-state index contributed by atoms with van der Waals surface area (Å²) in [4.78, 5) is 28.0. The quantitative estimate of drug-likeness (QED) is 0.387. The van der Waals surface area contributed by atoms with E-state index in [1.54, 1.807) is 18.2 Å². The third-order valence-electron chi connectivity index (χ3n) is 8.03. The van der Waals surface area contributed by atoms with E-state index in [9.17, 15) is 24.2 Å². The monoisotopic (exact) mass is 563 g/mol. The molecule has 10 heteroatoms. The van der Waals surface area contributed by atoms with Crippen LogP contribution < -0.4 is 16.0 Å². The number of aliphatic hydroxyl groups is 2. The zero-order valence-corrected chi connectivity index (χ0v) is 22.9. The molecule has 7 nitrogen and oxygen atoms in total. The Hall–Kier alpha value is -2.23. The Labute approximate surface area is 231 Å². The van der Waals surface area contributed by atoms with Crippen LogP contribution in [0, 0.1) is 11.2 Å². The van der Waals surface area contributed by atoms with Crippen molar-refractivity contribution in [2.45, 2.75) is 81.7 Å². The first-order valence-electron chi connectivity index (χ1n) is 12.8. The summed E-state index contributed by atoms with van der Waals surface area (Å²) in [5, 5.41) is 29.7. The maximum Gasteiger partial charge on any atom is 0.238 e. The summed E-state index contributed by atoms with van der Waals surface area (Å²) in [6.07, 6.45) is -0.872. The molecule has 0 bridgehead atoms. The van der Waals surface area contributed by atoms with Gasteiger partial charge in [-0.3, -0.25) is 9.59 Å². The minimum Gasteiger partial charge on any atom is -0.390 e. The normalized spacial score (nSPS) is 32.5. The Balaban J connectivity index is 1.67. The van der Waals surface area contributed by atoms with E-state index >= 15 is 0 Å². The lowest BCUT2D eigenvalue weighted by Crippen LogP contribution is -2.49. The van der Waals surface area contributed by atoms with Gasteiger partial charge in [0.1, 0.15) is 11.2 Å². The molecule has 2 aromatic carbocycles. The fourth-order valence-electron chi connectivity index (χ4n) is 6.54. The average molecular weight is 564 g/mol. The smallest absolute Gasteiger partial charge is 0.238 e. The van der Waals surface area contributed by atoms with E-state index < -0.39 is 47.5 Å². The lowest BCUT2D eigenvalue weighted by molar-refractivity contribution is -0.124. The van der Waals surface area contributed by atoms with Crippen molar-refractivity contribution >= 4 is 40.7 Å². The van der Waals surface area contributed by atoms with Gasteiger partial charge in [0.05, 0.1) is 23.3 Å². The zero-order valence-electron chi connectivity index (χ0n) is 21.4. The van der Waals surface area contributed by atoms with Gasteiger partial charge >= 0.3 is 0 Å². The van der Waals surface area contributed by atoms with Crippen LogP contribution in [0.25, 0.3) is 0 Å². The van der Waals surface area contributed by atoms with Crippen LogP contribution in [0.3, 0.4) is 0 Å². The second-order valence-corrected chi connectivity index (χ2v) is 12.8. The lowest BCUT2D eigenvalue weighted by Gasteiger charge is -2.37. The van der Waals surface area contributed by atoms with Gasteiger partial charge in [0.15, 0.2) is 0 Å². The van der Waals surface area contributed by atoms with E-state index in [2.05, 4.69) is 16.0 Å². The molecule has 2 heterocycles. The predicted molar refractivity (Wildman–Crippen MR) is 144 cm³/mol. The third kappa shape index (κ3) is 4.60.